The minimum atomic E-state index is -0.990. The van der Waals surface area contributed by atoms with E-state index < -0.39 is 5.97 Å². The van der Waals surface area contributed by atoms with E-state index in [1.807, 2.05) is 12.1 Å². The first kappa shape index (κ1) is 23.2. The molecule has 5 heteroatoms. The zero-order valence-electron chi connectivity index (χ0n) is 18.0. The van der Waals surface area contributed by atoms with E-state index in [-0.39, 0.29) is 25.8 Å². The van der Waals surface area contributed by atoms with E-state index in [1.165, 1.54) is 39.9 Å². The van der Waals surface area contributed by atoms with Gasteiger partial charge < -0.3 is 5.11 Å². The fourth-order valence-corrected chi connectivity index (χ4v) is 3.82. The first-order valence-electron chi connectivity index (χ1n) is 10.5. The molecule has 0 saturated heterocycles. The molecule has 0 atom stereocenters. The molecule has 0 spiro atoms. The Bertz CT molecular complexity index is 1470. The summed E-state index contributed by atoms with van der Waals surface area (Å²) in [5.41, 5.74) is 8.00. The summed E-state index contributed by atoms with van der Waals surface area (Å²) < 4.78 is 0. The van der Waals surface area contributed by atoms with Crippen molar-refractivity contribution in [2.24, 2.45) is 0 Å². The van der Waals surface area contributed by atoms with Crippen LogP contribution in [0.15, 0.2) is 97.2 Å². The summed E-state index contributed by atoms with van der Waals surface area (Å²) in [4.78, 5) is 18.6. The minimum absolute atomic E-state index is 0. The molecule has 0 fully saturated rings. The van der Waals surface area contributed by atoms with E-state index in [2.05, 4.69) is 83.9 Å². The van der Waals surface area contributed by atoms with Gasteiger partial charge in [0.15, 0.2) is 0 Å². The van der Waals surface area contributed by atoms with Gasteiger partial charge in [-0.25, -0.2) is 9.78 Å². The molecule has 1 aliphatic rings. The predicted octanol–water partition coefficient (Wildman–Crippen LogP) is 6.63. The SMILES string of the molecule is O=C(O)c1ccccn1.[Ir].[c-]1cc(-c2ccccc2)ccc1-c1cc2c3c(cccc3n1)C=C2. The zero-order chi connectivity index (χ0) is 22.6. The van der Waals surface area contributed by atoms with Crippen LogP contribution in [0.4, 0.5) is 0 Å². The maximum atomic E-state index is 10.1. The number of carboxylic acids is 1. The van der Waals surface area contributed by atoms with Crippen molar-refractivity contribution in [1.29, 1.82) is 0 Å². The standard InChI is InChI=1S/C23H14N.C6H5NO2.Ir/c1-2-5-16(6-3-1)17-9-11-18(12-10-17)22-15-20-14-13-19-7-4-8-21(24-22)23(19)20;8-6(9)5-3-1-2-4-7-5;/h1-11,13-15H;1-4H,(H,8,9);/q-1;;. The van der Waals surface area contributed by atoms with Gasteiger partial charge in [0.25, 0.3) is 0 Å². The summed E-state index contributed by atoms with van der Waals surface area (Å²) in [6.07, 6.45) is 5.77. The topological polar surface area (TPSA) is 63.1 Å². The minimum Gasteiger partial charge on any atom is -0.477 e. The normalized spacial score (nSPS) is 10.8. The number of hydrogen-bond acceptors (Lipinski definition) is 3. The van der Waals surface area contributed by atoms with Gasteiger partial charge >= 0.3 is 5.97 Å². The van der Waals surface area contributed by atoms with Crippen molar-refractivity contribution in [3.05, 3.63) is 120 Å². The van der Waals surface area contributed by atoms with Gasteiger partial charge in [0, 0.05) is 31.7 Å². The van der Waals surface area contributed by atoms with Crippen LogP contribution in [0.3, 0.4) is 0 Å². The van der Waals surface area contributed by atoms with Crippen molar-refractivity contribution in [3.8, 4) is 22.4 Å². The molecule has 0 saturated carbocycles. The van der Waals surface area contributed by atoms with E-state index >= 15 is 0 Å². The Labute approximate surface area is 211 Å². The molecule has 0 unspecified atom stereocenters. The van der Waals surface area contributed by atoms with Gasteiger partial charge in [0.1, 0.15) is 5.69 Å². The van der Waals surface area contributed by atoms with Crippen LogP contribution in [-0.2, 0) is 20.1 Å². The third kappa shape index (κ3) is 4.86. The van der Waals surface area contributed by atoms with Gasteiger partial charge in [-0.05, 0) is 35.0 Å². The first-order chi connectivity index (χ1) is 16.2. The Kier molecular flexibility index (Phi) is 7.07. The number of carbonyl (C=O) groups is 1. The van der Waals surface area contributed by atoms with E-state index in [1.54, 1.807) is 12.1 Å². The summed E-state index contributed by atoms with van der Waals surface area (Å²) in [6.45, 7) is 0. The molecular formula is C29H19IrN2O2-. The van der Waals surface area contributed by atoms with Gasteiger partial charge in [0.05, 0.1) is 5.52 Å². The predicted molar refractivity (Wildman–Crippen MR) is 132 cm³/mol. The summed E-state index contributed by atoms with van der Waals surface area (Å²) in [5, 5.41) is 9.57. The number of hydrogen-bond donors (Lipinski definition) is 1. The van der Waals surface area contributed by atoms with E-state index in [0.29, 0.717) is 0 Å². The van der Waals surface area contributed by atoms with Crippen LogP contribution in [-0.4, -0.2) is 21.0 Å². The van der Waals surface area contributed by atoms with Crippen molar-refractivity contribution in [2.75, 3.05) is 0 Å². The Morgan fingerprint density at radius 2 is 1.59 bits per heavy atom. The van der Waals surface area contributed by atoms with Crippen molar-refractivity contribution in [2.45, 2.75) is 0 Å². The van der Waals surface area contributed by atoms with Crippen molar-refractivity contribution in [1.82, 2.24) is 9.97 Å². The largest absolute Gasteiger partial charge is 0.477 e. The van der Waals surface area contributed by atoms with E-state index in [4.69, 9.17) is 10.1 Å². The van der Waals surface area contributed by atoms with Crippen molar-refractivity contribution >= 4 is 29.0 Å². The quantitative estimate of drug-likeness (QED) is 0.226. The summed E-state index contributed by atoms with van der Waals surface area (Å²) in [6, 6.07) is 33.3. The first-order valence-corrected chi connectivity index (χ1v) is 10.5. The number of pyridine rings is 2. The Balaban J connectivity index is 0.000000234. The fraction of sp³-hybridized carbons (Fsp3) is 0. The Morgan fingerprint density at radius 1 is 0.794 bits per heavy atom. The third-order valence-electron chi connectivity index (χ3n) is 5.42. The van der Waals surface area contributed by atoms with Crippen LogP contribution < -0.4 is 0 Å². The molecule has 0 aliphatic heterocycles. The van der Waals surface area contributed by atoms with Gasteiger partial charge in [-0.3, -0.25) is 4.98 Å². The molecule has 4 nitrogen and oxygen atoms in total. The van der Waals surface area contributed by atoms with Crippen molar-refractivity contribution in [3.63, 3.8) is 0 Å². The average molecular weight is 620 g/mol. The second-order valence-electron chi connectivity index (χ2n) is 7.55. The molecular weight excluding hydrogens is 601 g/mol. The molecule has 2 aromatic heterocycles. The molecule has 1 N–H and O–H groups in total. The summed E-state index contributed by atoms with van der Waals surface area (Å²) in [7, 11) is 0. The Morgan fingerprint density at radius 3 is 2.26 bits per heavy atom. The molecule has 2 heterocycles. The number of carboxylic acid groups (broad SMARTS) is 1. The molecule has 6 rings (SSSR count). The van der Waals surface area contributed by atoms with Crippen LogP contribution in [0.25, 0.3) is 45.4 Å². The number of aromatic carboxylic acids is 1. The monoisotopic (exact) mass is 620 g/mol. The molecule has 1 aliphatic carbocycles. The third-order valence-corrected chi connectivity index (χ3v) is 5.42. The molecule has 167 valence electrons. The van der Waals surface area contributed by atoms with Crippen LogP contribution in [0.5, 0.6) is 0 Å². The molecule has 3 aromatic carbocycles. The zero-order valence-corrected chi connectivity index (χ0v) is 20.4. The van der Waals surface area contributed by atoms with Crippen LogP contribution in [0.2, 0.25) is 0 Å². The van der Waals surface area contributed by atoms with E-state index in [9.17, 15) is 4.79 Å². The summed E-state index contributed by atoms with van der Waals surface area (Å²) >= 11 is 0. The maximum Gasteiger partial charge on any atom is 0.354 e. The van der Waals surface area contributed by atoms with Gasteiger partial charge in [-0.2, -0.15) is 0 Å². The van der Waals surface area contributed by atoms with Crippen LogP contribution >= 0.6 is 0 Å². The van der Waals surface area contributed by atoms with Crippen LogP contribution in [0.1, 0.15) is 21.6 Å². The molecule has 0 bridgehead atoms. The molecule has 1 radical (unpaired) electrons. The number of benzene rings is 3. The summed E-state index contributed by atoms with van der Waals surface area (Å²) in [5.74, 6) is -0.990. The maximum absolute atomic E-state index is 10.1. The average Bonchev–Trinajstić information content (AvgIpc) is 3.30. The second kappa shape index (κ2) is 10.3. The van der Waals surface area contributed by atoms with Crippen LogP contribution in [0, 0.1) is 6.07 Å². The van der Waals surface area contributed by atoms with Gasteiger partial charge in [-0.15, -0.1) is 29.8 Å². The molecule has 5 aromatic rings. The Hall–Kier alpha value is -3.92. The second-order valence-corrected chi connectivity index (χ2v) is 7.55. The van der Waals surface area contributed by atoms with Crippen molar-refractivity contribution < 1.29 is 30.0 Å². The molecule has 34 heavy (non-hydrogen) atoms. The smallest absolute Gasteiger partial charge is 0.354 e. The van der Waals surface area contributed by atoms with E-state index in [0.717, 1.165) is 16.8 Å². The van der Waals surface area contributed by atoms with Gasteiger partial charge in [-0.1, -0.05) is 77.9 Å². The fourth-order valence-electron chi connectivity index (χ4n) is 3.82. The number of aromatic nitrogens is 2. The number of nitrogens with zero attached hydrogens (tertiary/aromatic N) is 2. The number of rotatable bonds is 3. The molecule has 0 amide bonds. The van der Waals surface area contributed by atoms with Gasteiger partial charge in [0.2, 0.25) is 0 Å².